The lowest BCUT2D eigenvalue weighted by Crippen LogP contribution is -2.29. The molecule has 30 heavy (non-hydrogen) atoms. The second kappa shape index (κ2) is 8.15. The number of sulfonamides is 1. The van der Waals surface area contributed by atoms with Gasteiger partial charge < -0.3 is 13.8 Å². The highest BCUT2D eigenvalue weighted by Crippen LogP contribution is 2.32. The molecule has 9 nitrogen and oxygen atoms in total. The number of halogens is 1. The molecule has 0 aliphatic carbocycles. The van der Waals surface area contributed by atoms with Gasteiger partial charge in [0.05, 0.1) is 12.5 Å². The van der Waals surface area contributed by atoms with Crippen molar-refractivity contribution in [2.24, 2.45) is 0 Å². The molecule has 0 bridgehead atoms. The van der Waals surface area contributed by atoms with Crippen LogP contribution in [0.5, 0.6) is 5.75 Å². The second-order valence-corrected chi connectivity index (χ2v) is 8.98. The molecular weight excluding hydrogens is 415 g/mol. The van der Waals surface area contributed by atoms with Crippen LogP contribution >= 0.6 is 0 Å². The van der Waals surface area contributed by atoms with Gasteiger partial charge in [-0.25, -0.2) is 12.8 Å². The van der Waals surface area contributed by atoms with Gasteiger partial charge in [0.25, 0.3) is 0 Å². The SMILES string of the molecule is Cc1noc(C)c1S(=O)(=O)N1CCC(c2nc(CCOc3ccc(F)cc3)no2)C1. The summed E-state index contributed by atoms with van der Waals surface area (Å²) >= 11 is 0. The molecule has 1 fully saturated rings. The van der Waals surface area contributed by atoms with Gasteiger partial charge in [0.2, 0.25) is 15.9 Å². The lowest BCUT2D eigenvalue weighted by molar-refractivity contribution is 0.312. The van der Waals surface area contributed by atoms with Gasteiger partial charge in [-0.2, -0.15) is 9.29 Å². The van der Waals surface area contributed by atoms with E-state index in [0.29, 0.717) is 49.2 Å². The van der Waals surface area contributed by atoms with Crippen molar-refractivity contribution in [1.29, 1.82) is 0 Å². The minimum atomic E-state index is -3.70. The molecule has 11 heteroatoms. The first-order valence-electron chi connectivity index (χ1n) is 9.48. The van der Waals surface area contributed by atoms with Gasteiger partial charge in [0.1, 0.15) is 22.2 Å². The van der Waals surface area contributed by atoms with Gasteiger partial charge in [-0.15, -0.1) is 0 Å². The summed E-state index contributed by atoms with van der Waals surface area (Å²) in [7, 11) is -3.70. The lowest BCUT2D eigenvalue weighted by Gasteiger charge is -2.15. The van der Waals surface area contributed by atoms with Crippen LogP contribution in [0.15, 0.2) is 38.2 Å². The summed E-state index contributed by atoms with van der Waals surface area (Å²) in [5.41, 5.74) is 0.345. The van der Waals surface area contributed by atoms with Crippen LogP contribution in [-0.2, 0) is 16.4 Å². The minimum absolute atomic E-state index is 0.118. The van der Waals surface area contributed by atoms with Crippen molar-refractivity contribution in [1.82, 2.24) is 19.6 Å². The molecule has 1 unspecified atom stereocenters. The van der Waals surface area contributed by atoms with Crippen molar-refractivity contribution in [3.8, 4) is 5.75 Å². The number of hydrogen-bond acceptors (Lipinski definition) is 8. The summed E-state index contributed by atoms with van der Waals surface area (Å²) in [5, 5.41) is 7.69. The number of rotatable bonds is 7. The fourth-order valence-electron chi connectivity index (χ4n) is 3.45. The molecule has 1 aromatic carbocycles. The molecule has 3 heterocycles. The molecule has 0 saturated carbocycles. The van der Waals surface area contributed by atoms with Crippen molar-refractivity contribution in [2.75, 3.05) is 19.7 Å². The highest BCUT2D eigenvalue weighted by Gasteiger charge is 2.38. The van der Waals surface area contributed by atoms with Crippen LogP contribution in [0.3, 0.4) is 0 Å². The molecule has 0 radical (unpaired) electrons. The lowest BCUT2D eigenvalue weighted by atomic mass is 10.1. The Bertz CT molecular complexity index is 1110. The summed E-state index contributed by atoms with van der Waals surface area (Å²) in [6, 6.07) is 5.74. The number of aryl methyl sites for hydroxylation is 2. The van der Waals surface area contributed by atoms with Crippen LogP contribution in [0.4, 0.5) is 4.39 Å². The molecule has 1 saturated heterocycles. The predicted octanol–water partition coefficient (Wildman–Crippen LogP) is 2.61. The highest BCUT2D eigenvalue weighted by molar-refractivity contribution is 7.89. The number of aromatic nitrogens is 3. The molecule has 0 amide bonds. The van der Waals surface area contributed by atoms with E-state index in [-0.39, 0.29) is 28.9 Å². The van der Waals surface area contributed by atoms with E-state index in [1.807, 2.05) is 0 Å². The van der Waals surface area contributed by atoms with Gasteiger partial charge in [-0.1, -0.05) is 10.3 Å². The summed E-state index contributed by atoms with van der Waals surface area (Å²) in [4.78, 5) is 4.50. The molecule has 1 aliphatic rings. The first-order valence-corrected chi connectivity index (χ1v) is 10.9. The van der Waals surface area contributed by atoms with Crippen LogP contribution in [-0.4, -0.2) is 47.7 Å². The highest BCUT2D eigenvalue weighted by atomic mass is 32.2. The molecule has 160 valence electrons. The zero-order valence-electron chi connectivity index (χ0n) is 16.5. The van der Waals surface area contributed by atoms with Crippen molar-refractivity contribution in [3.05, 3.63) is 53.3 Å². The Balaban J connectivity index is 1.36. The molecule has 4 rings (SSSR count). The normalized spacial score (nSPS) is 17.5. The van der Waals surface area contributed by atoms with Gasteiger partial charge in [0.15, 0.2) is 11.6 Å². The molecule has 1 atom stereocenters. The van der Waals surface area contributed by atoms with Crippen LogP contribution in [0.25, 0.3) is 0 Å². The summed E-state index contributed by atoms with van der Waals surface area (Å²) < 4.78 is 56.1. The summed E-state index contributed by atoms with van der Waals surface area (Å²) in [6.07, 6.45) is 0.991. The fourth-order valence-corrected chi connectivity index (χ4v) is 5.24. The molecule has 0 N–H and O–H groups in total. The van der Waals surface area contributed by atoms with E-state index in [1.165, 1.54) is 16.4 Å². The average molecular weight is 436 g/mol. The molecule has 0 spiro atoms. The Hall–Kier alpha value is -2.79. The van der Waals surface area contributed by atoms with Gasteiger partial charge in [-0.3, -0.25) is 0 Å². The van der Waals surface area contributed by atoms with Crippen molar-refractivity contribution in [3.63, 3.8) is 0 Å². The number of benzene rings is 1. The maximum Gasteiger partial charge on any atom is 0.248 e. The third-order valence-electron chi connectivity index (χ3n) is 4.96. The van der Waals surface area contributed by atoms with Crippen LogP contribution in [0, 0.1) is 19.7 Å². The Morgan fingerprint density at radius 3 is 2.67 bits per heavy atom. The average Bonchev–Trinajstić information content (AvgIpc) is 3.43. The molecular formula is C19H21FN4O5S. The molecule has 2 aromatic heterocycles. The van der Waals surface area contributed by atoms with Crippen molar-refractivity contribution >= 4 is 10.0 Å². The zero-order chi connectivity index (χ0) is 21.3. The monoisotopic (exact) mass is 436 g/mol. The Kier molecular flexibility index (Phi) is 5.56. The van der Waals surface area contributed by atoms with E-state index >= 15 is 0 Å². The van der Waals surface area contributed by atoms with Crippen LogP contribution in [0.1, 0.15) is 35.5 Å². The summed E-state index contributed by atoms with van der Waals surface area (Å²) in [5.74, 6) is 1.20. The van der Waals surface area contributed by atoms with E-state index in [4.69, 9.17) is 13.8 Å². The van der Waals surface area contributed by atoms with E-state index in [0.717, 1.165) is 0 Å². The molecule has 1 aliphatic heterocycles. The van der Waals surface area contributed by atoms with Crippen LogP contribution in [0.2, 0.25) is 0 Å². The third kappa shape index (κ3) is 4.08. The van der Waals surface area contributed by atoms with Crippen LogP contribution < -0.4 is 4.74 Å². The van der Waals surface area contributed by atoms with Gasteiger partial charge in [0, 0.05) is 19.5 Å². The van der Waals surface area contributed by atoms with E-state index < -0.39 is 10.0 Å². The van der Waals surface area contributed by atoms with E-state index in [1.54, 1.807) is 26.0 Å². The Labute approximate surface area is 172 Å². The maximum atomic E-state index is 12.9. The smallest absolute Gasteiger partial charge is 0.248 e. The Morgan fingerprint density at radius 1 is 1.20 bits per heavy atom. The predicted molar refractivity (Wildman–Crippen MR) is 102 cm³/mol. The molecule has 3 aromatic rings. The van der Waals surface area contributed by atoms with Gasteiger partial charge in [-0.05, 0) is 44.5 Å². The van der Waals surface area contributed by atoms with Crippen molar-refractivity contribution < 1.29 is 26.6 Å². The maximum absolute atomic E-state index is 12.9. The zero-order valence-corrected chi connectivity index (χ0v) is 17.4. The largest absolute Gasteiger partial charge is 0.493 e. The first kappa shape index (κ1) is 20.5. The topological polar surface area (TPSA) is 112 Å². The first-order chi connectivity index (χ1) is 14.3. The number of ether oxygens (including phenoxy) is 1. The summed E-state index contributed by atoms with van der Waals surface area (Å²) in [6.45, 7) is 4.10. The number of nitrogens with zero attached hydrogens (tertiary/aromatic N) is 4. The number of hydrogen-bond donors (Lipinski definition) is 0. The standard InChI is InChI=1S/C19H21FN4O5S/c1-12-18(13(2)28-22-12)30(25,26)24-9-7-14(11-24)19-21-17(23-29-19)8-10-27-16-5-3-15(20)4-6-16/h3-6,14H,7-11H2,1-2H3. The van der Waals surface area contributed by atoms with Crippen molar-refractivity contribution in [2.45, 2.75) is 37.5 Å². The Morgan fingerprint density at radius 2 is 1.97 bits per heavy atom. The fraction of sp³-hybridized carbons (Fsp3) is 0.421. The quantitative estimate of drug-likeness (QED) is 0.556. The second-order valence-electron chi connectivity index (χ2n) is 7.10. The van der Waals surface area contributed by atoms with E-state index in [9.17, 15) is 12.8 Å². The van der Waals surface area contributed by atoms with Gasteiger partial charge >= 0.3 is 0 Å². The minimum Gasteiger partial charge on any atom is -0.493 e. The van der Waals surface area contributed by atoms with E-state index in [2.05, 4.69) is 15.3 Å². The third-order valence-corrected chi connectivity index (χ3v) is 7.07.